The van der Waals surface area contributed by atoms with Gasteiger partial charge in [-0.1, -0.05) is 50.0 Å². The summed E-state index contributed by atoms with van der Waals surface area (Å²) in [6.45, 7) is 12.8. The zero-order chi connectivity index (χ0) is 12.4. The predicted octanol–water partition coefficient (Wildman–Crippen LogP) is 5.71. The molecule has 0 aromatic carbocycles. The number of rotatable bonds is 8. The Bertz CT molecular complexity index is 216. The van der Waals surface area contributed by atoms with Crippen molar-refractivity contribution in [3.63, 3.8) is 0 Å². The van der Waals surface area contributed by atoms with Gasteiger partial charge in [0, 0.05) is 0 Å². The molecule has 93 valence electrons. The van der Waals surface area contributed by atoms with E-state index in [1.165, 1.54) is 37.7 Å². The Balaban J connectivity index is 3.66. The second-order valence-electron chi connectivity index (χ2n) is 5.20. The van der Waals surface area contributed by atoms with Gasteiger partial charge in [-0.05, 0) is 52.4 Å². The summed E-state index contributed by atoms with van der Waals surface area (Å²) in [5, 5.41) is 0. The average molecular weight is 221 g/mol. The minimum Gasteiger partial charge on any atom is -0.0856 e. The van der Waals surface area contributed by atoms with Crippen molar-refractivity contribution in [2.75, 3.05) is 0 Å². The maximum absolute atomic E-state index is 3.90. The van der Waals surface area contributed by atoms with Gasteiger partial charge in [0.05, 0.1) is 0 Å². The monoisotopic (exact) mass is 221 g/mol. The van der Waals surface area contributed by atoms with Gasteiger partial charge in [-0.15, -0.1) is 0 Å². The molecular weight excluding hydrogens is 192 g/mol. The van der Waals surface area contributed by atoms with Gasteiger partial charge < -0.3 is 0 Å². The second kappa shape index (κ2) is 9.69. The minimum atomic E-state index is 0.833. The first-order valence-corrected chi connectivity index (χ1v) is 6.64. The average Bonchev–Trinajstić information content (AvgIpc) is 2.17. The van der Waals surface area contributed by atoms with Crippen LogP contribution in [0, 0.1) is 12.8 Å². The Morgan fingerprint density at radius 3 is 2.31 bits per heavy atom. The summed E-state index contributed by atoms with van der Waals surface area (Å²) in [4.78, 5) is 0. The van der Waals surface area contributed by atoms with Gasteiger partial charge >= 0.3 is 0 Å². The van der Waals surface area contributed by atoms with Crippen LogP contribution < -0.4 is 0 Å². The molecular formula is C16H29. The number of hydrogen-bond donors (Lipinski definition) is 0. The van der Waals surface area contributed by atoms with E-state index in [0.29, 0.717) is 0 Å². The van der Waals surface area contributed by atoms with Crippen LogP contribution in [0.25, 0.3) is 0 Å². The molecule has 0 aromatic heterocycles. The molecule has 0 aromatic rings. The molecule has 0 aliphatic heterocycles. The van der Waals surface area contributed by atoms with Gasteiger partial charge in [0.25, 0.3) is 0 Å². The molecule has 0 spiro atoms. The summed E-state index contributed by atoms with van der Waals surface area (Å²) in [6.07, 6.45) is 12.0. The Labute approximate surface area is 103 Å². The van der Waals surface area contributed by atoms with Crippen LogP contribution in [0.4, 0.5) is 0 Å². The van der Waals surface area contributed by atoms with Crippen LogP contribution >= 0.6 is 0 Å². The quantitative estimate of drug-likeness (QED) is 0.460. The van der Waals surface area contributed by atoms with E-state index in [2.05, 4.69) is 46.8 Å². The third-order valence-electron chi connectivity index (χ3n) is 2.94. The van der Waals surface area contributed by atoms with E-state index in [1.54, 1.807) is 5.57 Å². The van der Waals surface area contributed by atoms with Crippen LogP contribution in [0.1, 0.15) is 66.2 Å². The molecule has 1 radical (unpaired) electrons. The Morgan fingerprint density at radius 2 is 1.75 bits per heavy atom. The lowest BCUT2D eigenvalue weighted by Crippen LogP contribution is -1.92. The first-order chi connectivity index (χ1) is 7.56. The second-order valence-corrected chi connectivity index (χ2v) is 5.20. The third-order valence-corrected chi connectivity index (χ3v) is 2.94. The van der Waals surface area contributed by atoms with Crippen molar-refractivity contribution in [2.24, 2.45) is 5.92 Å². The van der Waals surface area contributed by atoms with Crippen molar-refractivity contribution in [3.8, 4) is 0 Å². The SMILES string of the molecule is [CH2]CCC(C)CCC=C(C)CCC=C(C)C. The van der Waals surface area contributed by atoms with E-state index in [9.17, 15) is 0 Å². The molecule has 0 bridgehead atoms. The van der Waals surface area contributed by atoms with Gasteiger partial charge in [-0.2, -0.15) is 0 Å². The molecule has 0 N–H and O–H groups in total. The van der Waals surface area contributed by atoms with E-state index in [1.807, 2.05) is 0 Å². The fourth-order valence-corrected chi connectivity index (χ4v) is 1.80. The number of allylic oxidation sites excluding steroid dienone is 4. The Morgan fingerprint density at radius 1 is 1.06 bits per heavy atom. The Hall–Kier alpha value is -0.520. The van der Waals surface area contributed by atoms with Crippen LogP contribution in [0.15, 0.2) is 23.3 Å². The van der Waals surface area contributed by atoms with Crippen molar-refractivity contribution < 1.29 is 0 Å². The standard InChI is InChI=1S/C16H29/c1-6-9-15(4)12-8-13-16(5)11-7-10-14(2)3/h10,13,15H,1,6-9,11-12H2,2-5H3. The third kappa shape index (κ3) is 10.0. The molecule has 0 aliphatic rings. The van der Waals surface area contributed by atoms with Gasteiger partial charge in [0.15, 0.2) is 0 Å². The van der Waals surface area contributed by atoms with Crippen LogP contribution in [0.2, 0.25) is 0 Å². The topological polar surface area (TPSA) is 0 Å². The predicted molar refractivity (Wildman–Crippen MR) is 75.4 cm³/mol. The summed E-state index contributed by atoms with van der Waals surface area (Å²) in [5.41, 5.74) is 2.97. The van der Waals surface area contributed by atoms with Gasteiger partial charge in [-0.25, -0.2) is 0 Å². The van der Waals surface area contributed by atoms with E-state index in [4.69, 9.17) is 0 Å². The summed E-state index contributed by atoms with van der Waals surface area (Å²) >= 11 is 0. The Kier molecular flexibility index (Phi) is 9.37. The zero-order valence-corrected chi connectivity index (χ0v) is 11.7. The molecule has 0 saturated carbocycles. The van der Waals surface area contributed by atoms with Gasteiger partial charge in [0.2, 0.25) is 0 Å². The minimum absolute atomic E-state index is 0.833. The largest absolute Gasteiger partial charge is 0.0856 e. The maximum atomic E-state index is 3.90. The summed E-state index contributed by atoms with van der Waals surface area (Å²) in [6, 6.07) is 0. The zero-order valence-electron chi connectivity index (χ0n) is 11.7. The smallest absolute Gasteiger partial charge is 0.0288 e. The van der Waals surface area contributed by atoms with Crippen LogP contribution in [-0.2, 0) is 0 Å². The number of hydrogen-bond acceptors (Lipinski definition) is 0. The highest BCUT2D eigenvalue weighted by molar-refractivity contribution is 5.02. The highest BCUT2D eigenvalue weighted by atomic mass is 14.0. The fraction of sp³-hybridized carbons (Fsp3) is 0.688. The van der Waals surface area contributed by atoms with Crippen molar-refractivity contribution in [3.05, 3.63) is 30.2 Å². The first kappa shape index (κ1) is 15.5. The van der Waals surface area contributed by atoms with Crippen LogP contribution in [0.5, 0.6) is 0 Å². The van der Waals surface area contributed by atoms with Gasteiger partial charge in [-0.3, -0.25) is 0 Å². The maximum Gasteiger partial charge on any atom is -0.0288 e. The first-order valence-electron chi connectivity index (χ1n) is 6.64. The van der Waals surface area contributed by atoms with E-state index < -0.39 is 0 Å². The molecule has 0 nitrogen and oxygen atoms in total. The fourth-order valence-electron chi connectivity index (χ4n) is 1.80. The van der Waals surface area contributed by atoms with Crippen molar-refractivity contribution in [1.29, 1.82) is 0 Å². The molecule has 1 atom stereocenters. The lowest BCUT2D eigenvalue weighted by molar-refractivity contribution is 0.500. The van der Waals surface area contributed by atoms with Gasteiger partial charge in [0.1, 0.15) is 0 Å². The lowest BCUT2D eigenvalue weighted by Gasteiger charge is -2.07. The van der Waals surface area contributed by atoms with Crippen molar-refractivity contribution in [1.82, 2.24) is 0 Å². The molecule has 0 heteroatoms. The van der Waals surface area contributed by atoms with E-state index >= 15 is 0 Å². The molecule has 0 saturated heterocycles. The van der Waals surface area contributed by atoms with E-state index in [0.717, 1.165) is 12.3 Å². The molecule has 0 fully saturated rings. The molecule has 0 rings (SSSR count). The highest BCUT2D eigenvalue weighted by Crippen LogP contribution is 2.14. The lowest BCUT2D eigenvalue weighted by atomic mass is 9.99. The molecule has 1 unspecified atom stereocenters. The summed E-state index contributed by atoms with van der Waals surface area (Å²) in [5.74, 6) is 0.833. The normalized spacial score (nSPS) is 13.7. The summed E-state index contributed by atoms with van der Waals surface area (Å²) < 4.78 is 0. The molecule has 0 amide bonds. The van der Waals surface area contributed by atoms with Crippen molar-refractivity contribution in [2.45, 2.75) is 66.2 Å². The molecule has 16 heavy (non-hydrogen) atoms. The highest BCUT2D eigenvalue weighted by Gasteiger charge is 1.98. The van der Waals surface area contributed by atoms with Crippen LogP contribution in [0.3, 0.4) is 0 Å². The van der Waals surface area contributed by atoms with Crippen LogP contribution in [-0.4, -0.2) is 0 Å². The van der Waals surface area contributed by atoms with E-state index in [-0.39, 0.29) is 0 Å². The summed E-state index contributed by atoms with van der Waals surface area (Å²) in [7, 11) is 0. The molecule has 0 heterocycles. The molecule has 0 aliphatic carbocycles. The van der Waals surface area contributed by atoms with Crippen molar-refractivity contribution >= 4 is 0 Å².